The third kappa shape index (κ3) is 5.29. The van der Waals surface area contributed by atoms with Crippen LogP contribution in [0.25, 0.3) is 5.70 Å². The molecule has 4 rings (SSSR count). The number of aryl methyl sites for hydroxylation is 1. The average molecular weight is 476 g/mol. The molecule has 0 radical (unpaired) electrons. The van der Waals surface area contributed by atoms with E-state index in [1.54, 1.807) is 50.4 Å². The summed E-state index contributed by atoms with van der Waals surface area (Å²) >= 11 is 5.98. The van der Waals surface area contributed by atoms with E-state index < -0.39 is 0 Å². The van der Waals surface area contributed by atoms with E-state index in [9.17, 15) is 9.59 Å². The number of fused-ring (bicyclic) bond motifs is 1. The van der Waals surface area contributed by atoms with E-state index in [0.717, 1.165) is 29.0 Å². The molecule has 0 spiro atoms. The lowest BCUT2D eigenvalue weighted by Gasteiger charge is -2.35. The second-order valence-electron chi connectivity index (χ2n) is 8.99. The summed E-state index contributed by atoms with van der Waals surface area (Å²) in [7, 11) is 1.62. The van der Waals surface area contributed by atoms with Crippen LogP contribution in [0.4, 0.5) is 5.69 Å². The number of methoxy groups -OCH3 is 1. The van der Waals surface area contributed by atoms with E-state index in [2.05, 4.69) is 29.5 Å². The highest BCUT2D eigenvalue weighted by atomic mass is 35.5. The zero-order valence-corrected chi connectivity index (χ0v) is 20.3. The van der Waals surface area contributed by atoms with Crippen molar-refractivity contribution in [2.24, 2.45) is 0 Å². The third-order valence-corrected chi connectivity index (χ3v) is 5.77. The fourth-order valence-corrected chi connectivity index (χ4v) is 4.33. The molecule has 6 nitrogen and oxygen atoms in total. The molecule has 3 aromatic rings. The van der Waals surface area contributed by atoms with Gasteiger partial charge < -0.3 is 15.4 Å². The van der Waals surface area contributed by atoms with Gasteiger partial charge in [-0.05, 0) is 69.2 Å². The Morgan fingerprint density at radius 3 is 2.65 bits per heavy atom. The Morgan fingerprint density at radius 2 is 1.91 bits per heavy atom. The number of anilines is 1. The molecule has 0 bridgehead atoms. The van der Waals surface area contributed by atoms with Crippen molar-refractivity contribution in [1.82, 2.24) is 10.3 Å². The highest BCUT2D eigenvalue weighted by Gasteiger charge is 2.28. The Bertz CT molecular complexity index is 1290. The fraction of sp³-hybridized carbons (Fsp3) is 0.222. The predicted molar refractivity (Wildman–Crippen MR) is 135 cm³/mol. The summed E-state index contributed by atoms with van der Waals surface area (Å²) in [4.78, 5) is 29.9. The number of benzene rings is 2. The Labute approximate surface area is 204 Å². The van der Waals surface area contributed by atoms with Gasteiger partial charge in [-0.1, -0.05) is 29.8 Å². The maximum absolute atomic E-state index is 13.2. The van der Waals surface area contributed by atoms with Gasteiger partial charge in [0.05, 0.1) is 7.11 Å². The SMILES string of the molecule is COc1ccc2c(c1)C(=CC(=O)c1cccc(NC(=O)c3cc(C)nc(Cl)c3)c1)NC(C)(C)C2. The van der Waals surface area contributed by atoms with E-state index in [4.69, 9.17) is 16.3 Å². The number of hydrogen-bond acceptors (Lipinski definition) is 5. The van der Waals surface area contributed by atoms with Gasteiger partial charge in [0.2, 0.25) is 0 Å². The second kappa shape index (κ2) is 9.31. The largest absolute Gasteiger partial charge is 0.497 e. The predicted octanol–water partition coefficient (Wildman–Crippen LogP) is 5.45. The number of hydrogen-bond donors (Lipinski definition) is 2. The molecule has 2 aromatic carbocycles. The molecule has 34 heavy (non-hydrogen) atoms. The van der Waals surface area contributed by atoms with Gasteiger partial charge in [0.15, 0.2) is 5.78 Å². The summed E-state index contributed by atoms with van der Waals surface area (Å²) < 4.78 is 5.38. The Morgan fingerprint density at radius 1 is 1.12 bits per heavy atom. The maximum atomic E-state index is 13.2. The Kier molecular flexibility index (Phi) is 6.44. The monoisotopic (exact) mass is 475 g/mol. The van der Waals surface area contributed by atoms with Gasteiger partial charge in [-0.3, -0.25) is 9.59 Å². The number of carbonyl (C=O) groups excluding carboxylic acids is 2. The third-order valence-electron chi connectivity index (χ3n) is 5.58. The fourth-order valence-electron chi connectivity index (χ4n) is 4.08. The first-order valence-corrected chi connectivity index (χ1v) is 11.3. The van der Waals surface area contributed by atoms with Gasteiger partial charge in [0.25, 0.3) is 5.91 Å². The zero-order chi connectivity index (χ0) is 24.5. The van der Waals surface area contributed by atoms with Crippen molar-refractivity contribution in [2.75, 3.05) is 12.4 Å². The van der Waals surface area contributed by atoms with Crippen molar-refractivity contribution in [3.05, 3.63) is 93.8 Å². The highest BCUT2D eigenvalue weighted by molar-refractivity contribution is 6.29. The van der Waals surface area contributed by atoms with Crippen LogP contribution in [0.1, 0.15) is 51.4 Å². The normalized spacial score (nSPS) is 15.3. The molecule has 2 heterocycles. The lowest BCUT2D eigenvalue weighted by Crippen LogP contribution is -2.43. The van der Waals surface area contributed by atoms with Crippen molar-refractivity contribution >= 4 is 34.7 Å². The summed E-state index contributed by atoms with van der Waals surface area (Å²) in [5.41, 5.74) is 4.66. The lowest BCUT2D eigenvalue weighted by atomic mass is 9.85. The Balaban J connectivity index is 1.61. The van der Waals surface area contributed by atoms with Crippen molar-refractivity contribution in [3.63, 3.8) is 0 Å². The summed E-state index contributed by atoms with van der Waals surface area (Å²) in [6, 6.07) is 15.9. The molecular weight excluding hydrogens is 450 g/mol. The molecule has 0 fully saturated rings. The number of nitrogens with zero attached hydrogens (tertiary/aromatic N) is 1. The molecule has 0 atom stereocenters. The number of ether oxygens (including phenoxy) is 1. The molecule has 1 aliphatic heterocycles. The number of nitrogens with one attached hydrogen (secondary N) is 2. The van der Waals surface area contributed by atoms with Gasteiger partial charge in [-0.15, -0.1) is 0 Å². The lowest BCUT2D eigenvalue weighted by molar-refractivity contribution is 0.102. The van der Waals surface area contributed by atoms with Gasteiger partial charge in [-0.2, -0.15) is 0 Å². The van der Waals surface area contributed by atoms with E-state index in [1.165, 1.54) is 6.07 Å². The summed E-state index contributed by atoms with van der Waals surface area (Å²) in [6.07, 6.45) is 2.43. The van der Waals surface area contributed by atoms with Gasteiger partial charge in [-0.25, -0.2) is 4.98 Å². The molecule has 1 aliphatic rings. The number of aromatic nitrogens is 1. The number of carbonyl (C=O) groups is 2. The minimum Gasteiger partial charge on any atom is -0.497 e. The van der Waals surface area contributed by atoms with Crippen LogP contribution in [-0.2, 0) is 6.42 Å². The second-order valence-corrected chi connectivity index (χ2v) is 9.37. The molecule has 7 heteroatoms. The minimum atomic E-state index is -0.327. The van der Waals surface area contributed by atoms with Crippen molar-refractivity contribution < 1.29 is 14.3 Å². The van der Waals surface area contributed by atoms with Crippen LogP contribution in [0.5, 0.6) is 5.75 Å². The van der Waals surface area contributed by atoms with E-state index >= 15 is 0 Å². The quantitative estimate of drug-likeness (QED) is 0.291. The van der Waals surface area contributed by atoms with Crippen LogP contribution in [0.2, 0.25) is 5.15 Å². The molecule has 1 aromatic heterocycles. The number of pyridine rings is 1. The van der Waals surface area contributed by atoms with Crippen LogP contribution in [0.15, 0.2) is 60.7 Å². The molecule has 0 unspecified atom stereocenters. The van der Waals surface area contributed by atoms with Crippen LogP contribution in [0.3, 0.4) is 0 Å². The number of ketones is 1. The first kappa shape index (κ1) is 23.5. The van der Waals surface area contributed by atoms with Crippen LogP contribution in [0, 0.1) is 6.92 Å². The van der Waals surface area contributed by atoms with E-state index in [0.29, 0.717) is 22.5 Å². The first-order chi connectivity index (χ1) is 16.1. The maximum Gasteiger partial charge on any atom is 0.255 e. The highest BCUT2D eigenvalue weighted by Crippen LogP contribution is 2.32. The Hall–Kier alpha value is -3.64. The number of amides is 1. The van der Waals surface area contributed by atoms with Gasteiger partial charge in [0, 0.05) is 45.4 Å². The number of allylic oxidation sites excluding steroid dienone is 1. The standard InChI is InChI=1S/C27H26ClN3O3/c1-16-10-19(12-25(28)29-16)26(33)30-20-7-5-6-17(11-20)24(32)14-23-22-13-21(34-4)9-8-18(22)15-27(2,3)31-23/h5-14,31H,15H2,1-4H3,(H,30,33). The van der Waals surface area contributed by atoms with Gasteiger partial charge >= 0.3 is 0 Å². The molecule has 174 valence electrons. The van der Waals surface area contributed by atoms with Crippen molar-refractivity contribution in [2.45, 2.75) is 32.7 Å². The van der Waals surface area contributed by atoms with Crippen LogP contribution < -0.4 is 15.4 Å². The molecular formula is C27H26ClN3O3. The van der Waals surface area contributed by atoms with E-state index in [-0.39, 0.29) is 22.4 Å². The summed E-state index contributed by atoms with van der Waals surface area (Å²) in [5.74, 6) is 0.231. The van der Waals surface area contributed by atoms with Gasteiger partial charge in [0.1, 0.15) is 10.9 Å². The number of rotatable bonds is 5. The molecule has 0 aliphatic carbocycles. The molecule has 1 amide bonds. The smallest absolute Gasteiger partial charge is 0.255 e. The average Bonchev–Trinajstić information content (AvgIpc) is 2.77. The molecule has 0 saturated heterocycles. The molecule has 0 saturated carbocycles. The molecule has 2 N–H and O–H groups in total. The summed E-state index contributed by atoms with van der Waals surface area (Å²) in [6.45, 7) is 5.97. The zero-order valence-electron chi connectivity index (χ0n) is 19.5. The van der Waals surface area contributed by atoms with Crippen molar-refractivity contribution in [3.8, 4) is 5.75 Å². The van der Waals surface area contributed by atoms with E-state index in [1.807, 2.05) is 18.2 Å². The minimum absolute atomic E-state index is 0.173. The topological polar surface area (TPSA) is 80.3 Å². The van der Waals surface area contributed by atoms with Crippen LogP contribution >= 0.6 is 11.6 Å². The first-order valence-electron chi connectivity index (χ1n) is 10.9. The summed E-state index contributed by atoms with van der Waals surface area (Å²) in [5, 5.41) is 6.55. The number of halogens is 1. The van der Waals surface area contributed by atoms with Crippen LogP contribution in [-0.4, -0.2) is 29.3 Å². The van der Waals surface area contributed by atoms with Crippen molar-refractivity contribution in [1.29, 1.82) is 0 Å².